The van der Waals surface area contributed by atoms with Crippen molar-refractivity contribution in [2.24, 2.45) is 5.10 Å². The highest BCUT2D eigenvalue weighted by atomic mass is 16.5. The van der Waals surface area contributed by atoms with Crippen LogP contribution in [-0.2, 0) is 4.74 Å². The molecule has 0 aliphatic heterocycles. The largest absolute Gasteiger partial charge is 0.465 e. The van der Waals surface area contributed by atoms with E-state index in [1.807, 2.05) is 54.8 Å². The van der Waals surface area contributed by atoms with Crippen LogP contribution in [0.1, 0.15) is 37.7 Å². The highest BCUT2D eigenvalue weighted by Crippen LogP contribution is 2.20. The van der Waals surface area contributed by atoms with Crippen LogP contribution in [-0.4, -0.2) is 29.8 Å². The van der Waals surface area contributed by atoms with Gasteiger partial charge in [0.15, 0.2) is 0 Å². The minimum absolute atomic E-state index is 0.280. The average Bonchev–Trinajstić information content (AvgIpc) is 3.02. The second-order valence-electron chi connectivity index (χ2n) is 6.27. The molecule has 142 valence electrons. The normalized spacial score (nSPS) is 10.8. The molecular formula is C22H21N3O3. The van der Waals surface area contributed by atoms with Gasteiger partial charge in [-0.3, -0.25) is 4.79 Å². The number of methoxy groups -OCH3 is 1. The van der Waals surface area contributed by atoms with Crippen molar-refractivity contribution < 1.29 is 14.3 Å². The van der Waals surface area contributed by atoms with Gasteiger partial charge in [-0.2, -0.15) is 5.10 Å². The lowest BCUT2D eigenvalue weighted by Gasteiger charge is -2.09. The van der Waals surface area contributed by atoms with E-state index in [0.717, 1.165) is 22.6 Å². The molecular weight excluding hydrogens is 354 g/mol. The zero-order chi connectivity index (χ0) is 20.1. The predicted molar refractivity (Wildman–Crippen MR) is 108 cm³/mol. The van der Waals surface area contributed by atoms with E-state index in [1.54, 1.807) is 24.3 Å². The summed E-state index contributed by atoms with van der Waals surface area (Å²) in [6.45, 7) is 3.87. The molecule has 0 fully saturated rings. The number of para-hydroxylation sites is 1. The standard InChI is InChI=1S/C22H21N3O3/c1-15-13-20(16(2)25(15)19-7-5-4-6-8-19)21(26)24-23-14-17-9-11-18(12-10-17)22(27)28-3/h4-14H,1-3H3,(H,24,26). The van der Waals surface area contributed by atoms with Crippen LogP contribution >= 0.6 is 0 Å². The molecule has 1 N–H and O–H groups in total. The maximum Gasteiger partial charge on any atom is 0.337 e. The molecule has 0 aliphatic carbocycles. The molecule has 0 aliphatic rings. The lowest BCUT2D eigenvalue weighted by molar-refractivity contribution is 0.0600. The van der Waals surface area contributed by atoms with Crippen molar-refractivity contribution in [3.63, 3.8) is 0 Å². The van der Waals surface area contributed by atoms with Crippen molar-refractivity contribution in [3.8, 4) is 5.69 Å². The monoisotopic (exact) mass is 375 g/mol. The first kappa shape index (κ1) is 19.1. The summed E-state index contributed by atoms with van der Waals surface area (Å²) in [6.07, 6.45) is 1.52. The van der Waals surface area contributed by atoms with Crippen LogP contribution in [0.4, 0.5) is 0 Å². The highest BCUT2D eigenvalue weighted by Gasteiger charge is 2.16. The van der Waals surface area contributed by atoms with Crippen LogP contribution in [0.3, 0.4) is 0 Å². The summed E-state index contributed by atoms with van der Waals surface area (Å²) in [5.74, 6) is -0.678. The Hall–Kier alpha value is -3.67. The Morgan fingerprint density at radius 3 is 2.36 bits per heavy atom. The lowest BCUT2D eigenvalue weighted by Crippen LogP contribution is -2.18. The minimum atomic E-state index is -0.398. The quantitative estimate of drug-likeness (QED) is 0.420. The molecule has 3 rings (SSSR count). The number of esters is 1. The third kappa shape index (κ3) is 4.01. The van der Waals surface area contributed by atoms with E-state index in [1.165, 1.54) is 13.3 Å². The van der Waals surface area contributed by atoms with E-state index < -0.39 is 5.97 Å². The third-order valence-electron chi connectivity index (χ3n) is 4.40. The van der Waals surface area contributed by atoms with Gasteiger partial charge in [0.25, 0.3) is 5.91 Å². The summed E-state index contributed by atoms with van der Waals surface area (Å²) in [7, 11) is 1.34. The Kier molecular flexibility index (Phi) is 5.69. The molecule has 0 bridgehead atoms. The van der Waals surface area contributed by atoms with Gasteiger partial charge in [0.05, 0.1) is 24.5 Å². The molecule has 0 unspecified atom stereocenters. The van der Waals surface area contributed by atoms with Gasteiger partial charge >= 0.3 is 5.97 Å². The number of nitrogens with zero attached hydrogens (tertiary/aromatic N) is 2. The Morgan fingerprint density at radius 2 is 1.71 bits per heavy atom. The molecule has 0 saturated carbocycles. The van der Waals surface area contributed by atoms with Gasteiger partial charge in [0, 0.05) is 17.1 Å². The molecule has 3 aromatic rings. The number of nitrogens with one attached hydrogen (secondary N) is 1. The van der Waals surface area contributed by atoms with Crippen LogP contribution < -0.4 is 5.43 Å². The second kappa shape index (κ2) is 8.35. The molecule has 1 aromatic heterocycles. The summed E-state index contributed by atoms with van der Waals surface area (Å²) in [5.41, 5.74) is 7.15. The number of carbonyl (C=O) groups excluding carboxylic acids is 2. The van der Waals surface area contributed by atoms with Gasteiger partial charge in [0.2, 0.25) is 0 Å². The summed E-state index contributed by atoms with van der Waals surface area (Å²) in [6, 6.07) is 18.5. The zero-order valence-corrected chi connectivity index (χ0v) is 16.0. The molecule has 28 heavy (non-hydrogen) atoms. The number of aromatic nitrogens is 1. The van der Waals surface area contributed by atoms with Crippen LogP contribution in [0.2, 0.25) is 0 Å². The number of hydrogen-bond donors (Lipinski definition) is 1. The molecule has 0 spiro atoms. The summed E-state index contributed by atoms with van der Waals surface area (Å²) < 4.78 is 6.69. The Balaban J connectivity index is 1.72. The van der Waals surface area contributed by atoms with E-state index in [9.17, 15) is 9.59 Å². The zero-order valence-electron chi connectivity index (χ0n) is 16.0. The van der Waals surface area contributed by atoms with Gasteiger partial charge in [-0.05, 0) is 49.7 Å². The van der Waals surface area contributed by atoms with Gasteiger partial charge in [-0.1, -0.05) is 30.3 Å². The molecule has 1 heterocycles. The van der Waals surface area contributed by atoms with Crippen molar-refractivity contribution >= 4 is 18.1 Å². The highest BCUT2D eigenvalue weighted by molar-refractivity contribution is 5.96. The van der Waals surface area contributed by atoms with Crippen molar-refractivity contribution in [3.05, 3.63) is 88.7 Å². The van der Waals surface area contributed by atoms with Crippen LogP contribution in [0.25, 0.3) is 5.69 Å². The smallest absolute Gasteiger partial charge is 0.337 e. The molecule has 6 nitrogen and oxygen atoms in total. The van der Waals surface area contributed by atoms with Crippen molar-refractivity contribution in [2.75, 3.05) is 7.11 Å². The van der Waals surface area contributed by atoms with Gasteiger partial charge < -0.3 is 9.30 Å². The van der Waals surface area contributed by atoms with Gasteiger partial charge in [-0.25, -0.2) is 10.2 Å². The number of hydrazone groups is 1. The second-order valence-corrected chi connectivity index (χ2v) is 6.27. The summed E-state index contributed by atoms with van der Waals surface area (Å²) in [5, 5.41) is 4.02. The fraction of sp³-hybridized carbons (Fsp3) is 0.136. The van der Waals surface area contributed by atoms with Gasteiger partial charge in [-0.15, -0.1) is 0 Å². The summed E-state index contributed by atoms with van der Waals surface area (Å²) in [4.78, 5) is 24.0. The fourth-order valence-electron chi connectivity index (χ4n) is 3.02. The molecule has 1 amide bonds. The molecule has 0 saturated heterocycles. The lowest BCUT2D eigenvalue weighted by atomic mass is 10.1. The first-order chi connectivity index (χ1) is 13.5. The number of benzene rings is 2. The van der Waals surface area contributed by atoms with Gasteiger partial charge in [0.1, 0.15) is 0 Å². The minimum Gasteiger partial charge on any atom is -0.465 e. The number of amides is 1. The number of carbonyl (C=O) groups is 2. The topological polar surface area (TPSA) is 72.7 Å². The maximum atomic E-state index is 12.5. The molecule has 6 heteroatoms. The fourth-order valence-corrected chi connectivity index (χ4v) is 3.02. The first-order valence-electron chi connectivity index (χ1n) is 8.77. The predicted octanol–water partition coefficient (Wildman–Crippen LogP) is 3.64. The number of rotatable bonds is 5. The number of ether oxygens (including phenoxy) is 1. The molecule has 2 aromatic carbocycles. The maximum absolute atomic E-state index is 12.5. The Bertz CT molecular complexity index is 1020. The van der Waals surface area contributed by atoms with Crippen molar-refractivity contribution in [1.29, 1.82) is 0 Å². The molecule has 0 radical (unpaired) electrons. The van der Waals surface area contributed by atoms with Crippen LogP contribution in [0, 0.1) is 13.8 Å². The van der Waals surface area contributed by atoms with Crippen molar-refractivity contribution in [2.45, 2.75) is 13.8 Å². The van der Waals surface area contributed by atoms with Crippen LogP contribution in [0.5, 0.6) is 0 Å². The van der Waals surface area contributed by atoms with Crippen LogP contribution in [0.15, 0.2) is 65.8 Å². The van der Waals surface area contributed by atoms with E-state index in [0.29, 0.717) is 11.1 Å². The SMILES string of the molecule is COC(=O)c1ccc(C=NNC(=O)c2cc(C)n(-c3ccccc3)c2C)cc1. The number of aryl methyl sites for hydroxylation is 1. The van der Waals surface area contributed by atoms with Crippen molar-refractivity contribution in [1.82, 2.24) is 9.99 Å². The van der Waals surface area contributed by atoms with E-state index >= 15 is 0 Å². The average molecular weight is 375 g/mol. The first-order valence-corrected chi connectivity index (χ1v) is 8.77. The summed E-state index contributed by atoms with van der Waals surface area (Å²) >= 11 is 0. The third-order valence-corrected chi connectivity index (χ3v) is 4.40. The Morgan fingerprint density at radius 1 is 1.04 bits per heavy atom. The Labute approximate surface area is 163 Å². The number of hydrogen-bond acceptors (Lipinski definition) is 4. The molecule has 0 atom stereocenters. The van der Waals surface area contributed by atoms with E-state index in [2.05, 4.69) is 15.3 Å². The van der Waals surface area contributed by atoms with E-state index in [4.69, 9.17) is 0 Å². The van der Waals surface area contributed by atoms with E-state index in [-0.39, 0.29) is 5.91 Å².